The SMILES string of the molecule is O=C1OC(=O)C2OC1C1CCC2C1. The summed E-state index contributed by atoms with van der Waals surface area (Å²) in [4.78, 5) is 22.5. The van der Waals surface area contributed by atoms with Crippen molar-refractivity contribution in [1.29, 1.82) is 0 Å². The number of cyclic esters (lactones) is 2. The first kappa shape index (κ1) is 7.50. The maximum atomic E-state index is 11.2. The largest absolute Gasteiger partial charge is 0.389 e. The van der Waals surface area contributed by atoms with E-state index in [2.05, 4.69) is 4.74 Å². The van der Waals surface area contributed by atoms with Gasteiger partial charge >= 0.3 is 11.9 Å². The highest BCUT2D eigenvalue weighted by molar-refractivity contribution is 5.93. The van der Waals surface area contributed by atoms with E-state index in [1.165, 1.54) is 0 Å². The summed E-state index contributed by atoms with van der Waals surface area (Å²) in [5.74, 6) is -0.373. The molecule has 70 valence electrons. The molecule has 0 amide bonds. The molecule has 1 saturated carbocycles. The Labute approximate surface area is 75.2 Å². The van der Waals surface area contributed by atoms with Gasteiger partial charge in [-0.1, -0.05) is 0 Å². The van der Waals surface area contributed by atoms with Crippen molar-refractivity contribution in [3.63, 3.8) is 0 Å². The second-order valence-corrected chi connectivity index (χ2v) is 4.05. The number of carbonyl (C=O) groups excluding carboxylic acids is 2. The number of hydrogen-bond acceptors (Lipinski definition) is 4. The minimum Gasteiger partial charge on any atom is -0.389 e. The van der Waals surface area contributed by atoms with Crippen molar-refractivity contribution < 1.29 is 19.1 Å². The fourth-order valence-electron chi connectivity index (χ4n) is 2.69. The molecule has 4 heteroatoms. The molecule has 0 aromatic heterocycles. The zero-order chi connectivity index (χ0) is 9.00. The van der Waals surface area contributed by atoms with E-state index in [1.54, 1.807) is 0 Å². The average molecular weight is 182 g/mol. The van der Waals surface area contributed by atoms with Crippen molar-refractivity contribution in [3.8, 4) is 0 Å². The molecule has 3 rings (SSSR count). The number of carbonyl (C=O) groups is 2. The zero-order valence-electron chi connectivity index (χ0n) is 7.06. The third-order valence-corrected chi connectivity index (χ3v) is 3.33. The second kappa shape index (κ2) is 2.32. The Morgan fingerprint density at radius 2 is 1.54 bits per heavy atom. The lowest BCUT2D eigenvalue weighted by molar-refractivity contribution is -0.208. The molecule has 4 unspecified atom stereocenters. The molecular weight excluding hydrogens is 172 g/mol. The van der Waals surface area contributed by atoms with Gasteiger partial charge in [-0.15, -0.1) is 0 Å². The van der Waals surface area contributed by atoms with Gasteiger partial charge in [-0.25, -0.2) is 9.59 Å². The molecule has 4 atom stereocenters. The fraction of sp³-hybridized carbons (Fsp3) is 0.778. The first-order valence-electron chi connectivity index (χ1n) is 4.66. The molecule has 2 saturated heterocycles. The van der Waals surface area contributed by atoms with Crippen LogP contribution in [0, 0.1) is 11.8 Å². The van der Waals surface area contributed by atoms with Crippen LogP contribution in [0.2, 0.25) is 0 Å². The Bertz CT molecular complexity index is 259. The third-order valence-electron chi connectivity index (χ3n) is 3.33. The summed E-state index contributed by atoms with van der Waals surface area (Å²) in [6.07, 6.45) is 2.03. The minimum atomic E-state index is -0.480. The monoisotopic (exact) mass is 182 g/mol. The van der Waals surface area contributed by atoms with Crippen molar-refractivity contribution in [2.45, 2.75) is 31.5 Å². The van der Waals surface area contributed by atoms with Gasteiger partial charge in [0.1, 0.15) is 0 Å². The normalized spacial score (nSPS) is 47.7. The zero-order valence-corrected chi connectivity index (χ0v) is 7.06. The van der Waals surface area contributed by atoms with Crippen molar-refractivity contribution in [3.05, 3.63) is 0 Å². The molecule has 13 heavy (non-hydrogen) atoms. The number of esters is 2. The van der Waals surface area contributed by atoms with Gasteiger partial charge in [0.25, 0.3) is 0 Å². The van der Waals surface area contributed by atoms with Crippen molar-refractivity contribution in [2.75, 3.05) is 0 Å². The van der Waals surface area contributed by atoms with Gasteiger partial charge < -0.3 is 9.47 Å². The molecule has 4 nitrogen and oxygen atoms in total. The third kappa shape index (κ3) is 0.892. The molecule has 3 fully saturated rings. The van der Waals surface area contributed by atoms with Gasteiger partial charge in [-0.3, -0.25) is 0 Å². The van der Waals surface area contributed by atoms with E-state index in [0.29, 0.717) is 11.8 Å². The van der Waals surface area contributed by atoms with Crippen LogP contribution in [-0.2, 0) is 19.1 Å². The Kier molecular flexibility index (Phi) is 1.34. The Morgan fingerprint density at radius 1 is 1.00 bits per heavy atom. The summed E-state index contributed by atoms with van der Waals surface area (Å²) in [6, 6.07) is 0. The van der Waals surface area contributed by atoms with Crippen molar-refractivity contribution in [2.24, 2.45) is 11.8 Å². The summed E-state index contributed by atoms with van der Waals surface area (Å²) in [7, 11) is 0. The van der Waals surface area contributed by atoms with Gasteiger partial charge in [0, 0.05) is 0 Å². The number of ether oxygens (including phenoxy) is 2. The smallest absolute Gasteiger partial charge is 0.343 e. The summed E-state index contributed by atoms with van der Waals surface area (Å²) in [5.41, 5.74) is 0. The maximum absolute atomic E-state index is 11.2. The molecule has 0 aromatic rings. The first-order chi connectivity index (χ1) is 6.25. The van der Waals surface area contributed by atoms with Crippen LogP contribution >= 0.6 is 0 Å². The molecule has 0 N–H and O–H groups in total. The van der Waals surface area contributed by atoms with Crippen LogP contribution in [0.1, 0.15) is 19.3 Å². The Morgan fingerprint density at radius 3 is 2.08 bits per heavy atom. The lowest BCUT2D eigenvalue weighted by Gasteiger charge is -2.36. The van der Waals surface area contributed by atoms with E-state index in [-0.39, 0.29) is 0 Å². The van der Waals surface area contributed by atoms with Gasteiger partial charge in [0.15, 0.2) is 12.2 Å². The number of fused-ring (bicyclic) bond motifs is 6. The summed E-state index contributed by atoms with van der Waals surface area (Å²) in [5, 5.41) is 0. The lowest BCUT2D eigenvalue weighted by atomic mass is 9.90. The van der Waals surface area contributed by atoms with Crippen LogP contribution in [0.5, 0.6) is 0 Å². The second-order valence-electron chi connectivity index (χ2n) is 4.05. The van der Waals surface area contributed by atoms with Crippen LogP contribution < -0.4 is 0 Å². The standard InChI is InChI=1S/C9H10O4/c10-8-6-4-1-2-5(3-4)7(12-6)9(11)13-8/h4-7H,1-3H2. The first-order valence-corrected chi connectivity index (χ1v) is 4.66. The maximum Gasteiger partial charge on any atom is 0.343 e. The number of rotatable bonds is 0. The molecule has 2 aliphatic heterocycles. The molecule has 3 aliphatic rings. The summed E-state index contributed by atoms with van der Waals surface area (Å²) < 4.78 is 10.0. The van der Waals surface area contributed by atoms with E-state index in [0.717, 1.165) is 19.3 Å². The van der Waals surface area contributed by atoms with Crippen LogP contribution in [0.25, 0.3) is 0 Å². The lowest BCUT2D eigenvalue weighted by Crippen LogP contribution is -2.52. The van der Waals surface area contributed by atoms with Crippen LogP contribution in [-0.4, -0.2) is 24.1 Å². The quantitative estimate of drug-likeness (QED) is 0.398. The highest BCUT2D eigenvalue weighted by Gasteiger charge is 2.53. The molecule has 0 aromatic carbocycles. The predicted molar refractivity (Wildman–Crippen MR) is 40.6 cm³/mol. The highest BCUT2D eigenvalue weighted by Crippen LogP contribution is 2.44. The van der Waals surface area contributed by atoms with E-state index in [1.807, 2.05) is 0 Å². The Balaban J connectivity index is 1.98. The summed E-state index contributed by atoms with van der Waals surface area (Å²) in [6.45, 7) is 0. The molecule has 0 spiro atoms. The number of hydrogen-bond donors (Lipinski definition) is 0. The minimum absolute atomic E-state index is 0.293. The van der Waals surface area contributed by atoms with Crippen LogP contribution in [0.15, 0.2) is 0 Å². The van der Waals surface area contributed by atoms with Gasteiger partial charge in [-0.05, 0) is 31.1 Å². The molecule has 1 aliphatic carbocycles. The van der Waals surface area contributed by atoms with Crippen LogP contribution in [0.3, 0.4) is 0 Å². The molecule has 0 radical (unpaired) electrons. The molecule has 2 heterocycles. The molecular formula is C9H10O4. The van der Waals surface area contributed by atoms with Gasteiger partial charge in [-0.2, -0.15) is 0 Å². The Hall–Kier alpha value is -0.900. The van der Waals surface area contributed by atoms with Gasteiger partial charge in [0.05, 0.1) is 0 Å². The summed E-state index contributed by atoms with van der Waals surface area (Å²) >= 11 is 0. The van der Waals surface area contributed by atoms with Crippen LogP contribution in [0.4, 0.5) is 0 Å². The van der Waals surface area contributed by atoms with Crippen molar-refractivity contribution in [1.82, 2.24) is 0 Å². The highest BCUT2D eigenvalue weighted by atomic mass is 16.7. The van der Waals surface area contributed by atoms with Gasteiger partial charge in [0.2, 0.25) is 0 Å². The van der Waals surface area contributed by atoms with E-state index in [9.17, 15) is 9.59 Å². The molecule has 4 bridgehead atoms. The average Bonchev–Trinajstić information content (AvgIpc) is 2.49. The fourth-order valence-corrected chi connectivity index (χ4v) is 2.69. The topological polar surface area (TPSA) is 52.6 Å². The van der Waals surface area contributed by atoms with E-state index in [4.69, 9.17) is 4.74 Å². The van der Waals surface area contributed by atoms with Crippen molar-refractivity contribution >= 4 is 11.9 Å². The van der Waals surface area contributed by atoms with E-state index >= 15 is 0 Å². The predicted octanol–water partition coefficient (Wildman–Crippen LogP) is 0.253. The van der Waals surface area contributed by atoms with E-state index < -0.39 is 24.1 Å².